The minimum absolute atomic E-state index is 0.00902. The van der Waals surface area contributed by atoms with Crippen molar-refractivity contribution in [1.82, 2.24) is 4.90 Å². The van der Waals surface area contributed by atoms with Crippen molar-refractivity contribution in [1.29, 1.82) is 0 Å². The van der Waals surface area contributed by atoms with Crippen LogP contribution in [-0.2, 0) is 14.3 Å². The quantitative estimate of drug-likeness (QED) is 0.747. The summed E-state index contributed by atoms with van der Waals surface area (Å²) in [4.78, 5) is 24.9. The number of nitrogens with zero attached hydrogens (tertiary/aromatic N) is 1. The van der Waals surface area contributed by atoms with E-state index in [1.165, 1.54) is 0 Å². The number of aliphatic carboxylic acids is 1. The van der Waals surface area contributed by atoms with Crippen LogP contribution in [0, 0.1) is 5.92 Å². The van der Waals surface area contributed by atoms with Gasteiger partial charge in [0.25, 0.3) is 0 Å². The maximum atomic E-state index is 12.3. The van der Waals surface area contributed by atoms with E-state index in [0.29, 0.717) is 6.54 Å². The van der Waals surface area contributed by atoms with E-state index in [2.05, 4.69) is 6.08 Å². The highest BCUT2D eigenvalue weighted by Crippen LogP contribution is 2.22. The standard InChI is InChI=1S/C13H19NO4/c1-9-7-14(8-11(18-9)13(16)17)12(15)10-5-3-2-4-6-10/h2-3,9-11H,4-8H2,1H3,(H,16,17)/t9-,10?,11+/m1/s1. The average Bonchev–Trinajstić information content (AvgIpc) is 2.38. The fourth-order valence-electron chi connectivity index (χ4n) is 2.54. The van der Waals surface area contributed by atoms with Gasteiger partial charge in [-0.2, -0.15) is 0 Å². The Bertz CT molecular complexity index is 366. The normalized spacial score (nSPS) is 32.3. The Hall–Kier alpha value is -1.36. The Labute approximate surface area is 106 Å². The van der Waals surface area contributed by atoms with Crippen molar-refractivity contribution in [2.24, 2.45) is 5.92 Å². The molecule has 1 N–H and O–H groups in total. The molecule has 1 aliphatic heterocycles. The van der Waals surface area contributed by atoms with E-state index in [0.717, 1.165) is 19.3 Å². The summed E-state index contributed by atoms with van der Waals surface area (Å²) >= 11 is 0. The number of carbonyl (C=O) groups excluding carboxylic acids is 1. The van der Waals surface area contributed by atoms with Gasteiger partial charge in [0.15, 0.2) is 6.10 Å². The lowest BCUT2D eigenvalue weighted by atomic mass is 9.92. The predicted molar refractivity (Wildman–Crippen MR) is 65.0 cm³/mol. The fraction of sp³-hybridized carbons (Fsp3) is 0.692. The first-order chi connectivity index (χ1) is 8.58. The van der Waals surface area contributed by atoms with Crippen molar-refractivity contribution < 1.29 is 19.4 Å². The Morgan fingerprint density at radius 3 is 2.72 bits per heavy atom. The van der Waals surface area contributed by atoms with Crippen LogP contribution in [-0.4, -0.2) is 47.2 Å². The highest BCUT2D eigenvalue weighted by Gasteiger charge is 2.34. The number of hydrogen-bond acceptors (Lipinski definition) is 3. The molecular weight excluding hydrogens is 234 g/mol. The third-order valence-electron chi connectivity index (χ3n) is 3.47. The molecule has 2 aliphatic rings. The molecule has 1 heterocycles. The van der Waals surface area contributed by atoms with Gasteiger partial charge in [-0.25, -0.2) is 4.79 Å². The first-order valence-corrected chi connectivity index (χ1v) is 6.40. The van der Waals surface area contributed by atoms with Gasteiger partial charge in [0, 0.05) is 12.5 Å². The van der Waals surface area contributed by atoms with Crippen LogP contribution < -0.4 is 0 Å². The number of amides is 1. The minimum atomic E-state index is -0.997. The Morgan fingerprint density at radius 1 is 1.33 bits per heavy atom. The van der Waals surface area contributed by atoms with Crippen LogP contribution in [0.15, 0.2) is 12.2 Å². The average molecular weight is 253 g/mol. The second-order valence-electron chi connectivity index (χ2n) is 5.00. The zero-order valence-corrected chi connectivity index (χ0v) is 10.5. The largest absolute Gasteiger partial charge is 0.479 e. The van der Waals surface area contributed by atoms with Crippen LogP contribution in [0.2, 0.25) is 0 Å². The van der Waals surface area contributed by atoms with Crippen LogP contribution in [0.5, 0.6) is 0 Å². The van der Waals surface area contributed by atoms with Crippen molar-refractivity contribution in [2.75, 3.05) is 13.1 Å². The summed E-state index contributed by atoms with van der Waals surface area (Å²) in [6, 6.07) is 0. The molecular formula is C13H19NO4. The van der Waals surface area contributed by atoms with Gasteiger partial charge in [-0.15, -0.1) is 0 Å². The van der Waals surface area contributed by atoms with Gasteiger partial charge in [0.05, 0.1) is 12.6 Å². The number of ether oxygens (including phenoxy) is 1. The number of carboxylic acid groups (broad SMARTS) is 1. The lowest BCUT2D eigenvalue weighted by molar-refractivity contribution is -0.167. The van der Waals surface area contributed by atoms with Gasteiger partial charge in [-0.1, -0.05) is 12.2 Å². The summed E-state index contributed by atoms with van der Waals surface area (Å²) in [5.41, 5.74) is 0. The molecule has 1 aliphatic carbocycles. The number of carboxylic acids is 1. The zero-order valence-electron chi connectivity index (χ0n) is 10.5. The van der Waals surface area contributed by atoms with Crippen LogP contribution >= 0.6 is 0 Å². The Balaban J connectivity index is 2.00. The molecule has 5 heteroatoms. The van der Waals surface area contributed by atoms with Crippen LogP contribution in [0.25, 0.3) is 0 Å². The Morgan fingerprint density at radius 2 is 2.11 bits per heavy atom. The molecule has 5 nitrogen and oxygen atoms in total. The number of allylic oxidation sites excluding steroid dienone is 2. The first-order valence-electron chi connectivity index (χ1n) is 6.40. The molecule has 0 bridgehead atoms. The molecule has 0 aromatic carbocycles. The predicted octanol–water partition coefficient (Wildman–Crippen LogP) is 1.04. The van der Waals surface area contributed by atoms with E-state index in [1.54, 1.807) is 11.8 Å². The Kier molecular flexibility index (Phi) is 4.01. The molecule has 1 unspecified atom stereocenters. The van der Waals surface area contributed by atoms with Crippen molar-refractivity contribution in [3.05, 3.63) is 12.2 Å². The van der Waals surface area contributed by atoms with Crippen molar-refractivity contribution in [3.8, 4) is 0 Å². The van der Waals surface area contributed by atoms with Gasteiger partial charge in [0.1, 0.15) is 0 Å². The molecule has 3 atom stereocenters. The van der Waals surface area contributed by atoms with E-state index >= 15 is 0 Å². The molecule has 1 saturated heterocycles. The highest BCUT2D eigenvalue weighted by atomic mass is 16.5. The summed E-state index contributed by atoms with van der Waals surface area (Å²) in [5, 5.41) is 8.99. The summed E-state index contributed by atoms with van der Waals surface area (Å²) < 4.78 is 5.31. The van der Waals surface area contributed by atoms with Crippen LogP contribution in [0.1, 0.15) is 26.2 Å². The molecule has 0 radical (unpaired) electrons. The van der Waals surface area contributed by atoms with E-state index in [1.807, 2.05) is 6.08 Å². The summed E-state index contributed by atoms with van der Waals surface area (Å²) in [6.07, 6.45) is 5.57. The summed E-state index contributed by atoms with van der Waals surface area (Å²) in [5.74, 6) is -0.918. The smallest absolute Gasteiger partial charge is 0.334 e. The molecule has 1 amide bonds. The summed E-state index contributed by atoms with van der Waals surface area (Å²) in [6.45, 7) is 2.46. The third-order valence-corrected chi connectivity index (χ3v) is 3.47. The monoisotopic (exact) mass is 253 g/mol. The molecule has 1 fully saturated rings. The maximum absolute atomic E-state index is 12.3. The SMILES string of the molecule is C[C@@H]1CN(C(=O)C2CC=CCC2)C[C@@H](C(=O)O)O1. The zero-order chi connectivity index (χ0) is 13.1. The number of morpholine rings is 1. The third kappa shape index (κ3) is 2.90. The second kappa shape index (κ2) is 5.52. The van der Waals surface area contributed by atoms with Crippen molar-refractivity contribution in [2.45, 2.75) is 38.4 Å². The van der Waals surface area contributed by atoms with Gasteiger partial charge in [-0.05, 0) is 26.2 Å². The molecule has 0 spiro atoms. The lowest BCUT2D eigenvalue weighted by Gasteiger charge is -2.37. The molecule has 0 aromatic heterocycles. The maximum Gasteiger partial charge on any atom is 0.334 e. The van der Waals surface area contributed by atoms with Gasteiger partial charge < -0.3 is 14.7 Å². The van der Waals surface area contributed by atoms with E-state index in [9.17, 15) is 9.59 Å². The number of rotatable bonds is 2. The van der Waals surface area contributed by atoms with E-state index in [-0.39, 0.29) is 24.5 Å². The topological polar surface area (TPSA) is 66.8 Å². The van der Waals surface area contributed by atoms with Crippen molar-refractivity contribution >= 4 is 11.9 Å². The highest BCUT2D eigenvalue weighted by molar-refractivity contribution is 5.81. The first kappa shape index (κ1) is 13.1. The van der Waals surface area contributed by atoms with E-state index in [4.69, 9.17) is 9.84 Å². The van der Waals surface area contributed by atoms with Gasteiger partial charge >= 0.3 is 5.97 Å². The van der Waals surface area contributed by atoms with Gasteiger partial charge in [0.2, 0.25) is 5.91 Å². The minimum Gasteiger partial charge on any atom is -0.479 e. The van der Waals surface area contributed by atoms with Crippen molar-refractivity contribution in [3.63, 3.8) is 0 Å². The number of carbonyl (C=O) groups is 2. The van der Waals surface area contributed by atoms with Crippen LogP contribution in [0.4, 0.5) is 0 Å². The lowest BCUT2D eigenvalue weighted by Crippen LogP contribution is -2.53. The molecule has 100 valence electrons. The summed E-state index contributed by atoms with van der Waals surface area (Å²) in [7, 11) is 0. The molecule has 0 aromatic rings. The molecule has 0 saturated carbocycles. The van der Waals surface area contributed by atoms with Gasteiger partial charge in [-0.3, -0.25) is 4.79 Å². The van der Waals surface area contributed by atoms with Crippen LogP contribution in [0.3, 0.4) is 0 Å². The number of hydrogen-bond donors (Lipinski definition) is 1. The van der Waals surface area contributed by atoms with E-state index < -0.39 is 12.1 Å². The second-order valence-corrected chi connectivity index (χ2v) is 5.00. The molecule has 2 rings (SSSR count). The molecule has 18 heavy (non-hydrogen) atoms. The fourth-order valence-corrected chi connectivity index (χ4v) is 2.54.